The molecule has 1 fully saturated rings. The van der Waals surface area contributed by atoms with Crippen molar-refractivity contribution in [3.05, 3.63) is 60.2 Å². The maximum atomic E-state index is 12.4. The fourth-order valence-corrected chi connectivity index (χ4v) is 3.53. The van der Waals surface area contributed by atoms with Gasteiger partial charge in [0.15, 0.2) is 0 Å². The Labute approximate surface area is 166 Å². The highest BCUT2D eigenvalue weighted by Gasteiger charge is 2.21. The van der Waals surface area contributed by atoms with Gasteiger partial charge < -0.3 is 16.0 Å². The van der Waals surface area contributed by atoms with Crippen LogP contribution < -0.4 is 16.0 Å². The predicted octanol–water partition coefficient (Wildman–Crippen LogP) is 4.44. The van der Waals surface area contributed by atoms with E-state index in [1.807, 2.05) is 42.5 Å². The lowest BCUT2D eigenvalue weighted by Gasteiger charge is -2.20. The molecule has 0 aliphatic heterocycles. The van der Waals surface area contributed by atoms with Crippen LogP contribution in [0.1, 0.15) is 48.9 Å². The molecule has 2 aromatic rings. The summed E-state index contributed by atoms with van der Waals surface area (Å²) in [5.74, 6) is 0.0565. The van der Waals surface area contributed by atoms with Gasteiger partial charge in [0.2, 0.25) is 5.91 Å². The maximum Gasteiger partial charge on any atom is 0.251 e. The second-order valence-corrected chi connectivity index (χ2v) is 7.31. The molecule has 0 aromatic heterocycles. The first kappa shape index (κ1) is 19.9. The summed E-state index contributed by atoms with van der Waals surface area (Å²) >= 11 is 0. The van der Waals surface area contributed by atoms with Crippen LogP contribution in [-0.2, 0) is 4.79 Å². The molecule has 0 radical (unpaired) electrons. The van der Waals surface area contributed by atoms with Gasteiger partial charge in [-0.25, -0.2) is 0 Å². The number of carbonyl (C=O) groups is 2. The van der Waals surface area contributed by atoms with Gasteiger partial charge in [-0.2, -0.15) is 0 Å². The molecule has 28 heavy (non-hydrogen) atoms. The van der Waals surface area contributed by atoms with Crippen LogP contribution in [0.3, 0.4) is 0 Å². The number of hydrogen-bond acceptors (Lipinski definition) is 3. The van der Waals surface area contributed by atoms with Crippen molar-refractivity contribution < 1.29 is 9.59 Å². The molecule has 0 bridgehead atoms. The standard InChI is InChI=1S/C23H29N3O2/c27-22(25-16-8-15-24-20-12-5-2-6-13-20)19-11-7-14-21(17-19)26-23(28)18-9-3-1-4-10-18/h2,5-7,11-14,17-18,24H,1,3-4,8-10,15-16H2,(H,25,27)(H,26,28). The van der Waals surface area contributed by atoms with E-state index in [0.717, 1.165) is 44.3 Å². The SMILES string of the molecule is O=C(NCCCNc1ccccc1)c1cccc(NC(=O)C2CCCCC2)c1. The number of nitrogens with one attached hydrogen (secondary N) is 3. The minimum absolute atomic E-state index is 0.0734. The van der Waals surface area contributed by atoms with E-state index in [4.69, 9.17) is 0 Å². The lowest BCUT2D eigenvalue weighted by atomic mass is 9.88. The summed E-state index contributed by atoms with van der Waals surface area (Å²) in [6.07, 6.45) is 6.23. The van der Waals surface area contributed by atoms with Crippen molar-refractivity contribution in [1.29, 1.82) is 0 Å². The third-order valence-electron chi connectivity index (χ3n) is 5.11. The van der Waals surface area contributed by atoms with Crippen LogP contribution in [0.25, 0.3) is 0 Å². The van der Waals surface area contributed by atoms with Crippen molar-refractivity contribution in [2.45, 2.75) is 38.5 Å². The highest BCUT2D eigenvalue weighted by atomic mass is 16.2. The van der Waals surface area contributed by atoms with E-state index in [1.165, 1.54) is 6.42 Å². The van der Waals surface area contributed by atoms with E-state index >= 15 is 0 Å². The number of carbonyl (C=O) groups excluding carboxylic acids is 2. The van der Waals surface area contributed by atoms with Crippen molar-refractivity contribution in [1.82, 2.24) is 5.32 Å². The summed E-state index contributed by atoms with van der Waals surface area (Å²) < 4.78 is 0. The fraction of sp³-hybridized carbons (Fsp3) is 0.391. The van der Waals surface area contributed by atoms with E-state index in [2.05, 4.69) is 16.0 Å². The molecular weight excluding hydrogens is 350 g/mol. The first-order chi connectivity index (χ1) is 13.7. The molecule has 1 saturated carbocycles. The van der Waals surface area contributed by atoms with Crippen LogP contribution in [0, 0.1) is 5.92 Å². The Morgan fingerprint density at radius 2 is 1.61 bits per heavy atom. The first-order valence-electron chi connectivity index (χ1n) is 10.2. The molecule has 3 N–H and O–H groups in total. The molecule has 0 spiro atoms. The monoisotopic (exact) mass is 379 g/mol. The van der Waals surface area contributed by atoms with Crippen molar-refractivity contribution in [3.63, 3.8) is 0 Å². The zero-order chi connectivity index (χ0) is 19.6. The average molecular weight is 380 g/mol. The normalized spacial score (nSPS) is 14.3. The Morgan fingerprint density at radius 3 is 2.39 bits per heavy atom. The van der Waals surface area contributed by atoms with Gasteiger partial charge in [-0.1, -0.05) is 43.5 Å². The van der Waals surface area contributed by atoms with Crippen molar-refractivity contribution in [2.75, 3.05) is 23.7 Å². The zero-order valence-corrected chi connectivity index (χ0v) is 16.2. The highest BCUT2D eigenvalue weighted by molar-refractivity contribution is 5.97. The topological polar surface area (TPSA) is 70.2 Å². The van der Waals surface area contributed by atoms with Crippen LogP contribution in [0.4, 0.5) is 11.4 Å². The van der Waals surface area contributed by atoms with Crippen LogP contribution >= 0.6 is 0 Å². The molecule has 0 saturated heterocycles. The van der Waals surface area contributed by atoms with Gasteiger partial charge in [0.1, 0.15) is 0 Å². The quantitative estimate of drug-likeness (QED) is 0.594. The number of amides is 2. The summed E-state index contributed by atoms with van der Waals surface area (Å²) in [5, 5.41) is 9.23. The summed E-state index contributed by atoms with van der Waals surface area (Å²) in [4.78, 5) is 24.8. The Kier molecular flexibility index (Phi) is 7.47. The van der Waals surface area contributed by atoms with E-state index in [-0.39, 0.29) is 17.7 Å². The predicted molar refractivity (Wildman–Crippen MR) is 114 cm³/mol. The highest BCUT2D eigenvalue weighted by Crippen LogP contribution is 2.25. The molecule has 1 aliphatic rings. The maximum absolute atomic E-state index is 12.4. The minimum atomic E-state index is -0.117. The molecular formula is C23H29N3O2. The molecule has 3 rings (SSSR count). The molecule has 5 nitrogen and oxygen atoms in total. The number of hydrogen-bond donors (Lipinski definition) is 3. The molecule has 5 heteroatoms. The second kappa shape index (κ2) is 10.5. The van der Waals surface area contributed by atoms with E-state index in [9.17, 15) is 9.59 Å². The van der Waals surface area contributed by atoms with Gasteiger partial charge in [-0.05, 0) is 49.6 Å². The Morgan fingerprint density at radius 1 is 0.857 bits per heavy atom. The summed E-state index contributed by atoms with van der Waals surface area (Å²) in [6.45, 7) is 1.39. The van der Waals surface area contributed by atoms with Gasteiger partial charge in [0.25, 0.3) is 5.91 Å². The third-order valence-corrected chi connectivity index (χ3v) is 5.11. The van der Waals surface area contributed by atoms with Crippen LogP contribution in [0.5, 0.6) is 0 Å². The lowest BCUT2D eigenvalue weighted by molar-refractivity contribution is -0.120. The Balaban J connectivity index is 1.42. The Hall–Kier alpha value is -2.82. The van der Waals surface area contributed by atoms with Crippen LogP contribution in [0.15, 0.2) is 54.6 Å². The minimum Gasteiger partial charge on any atom is -0.385 e. The molecule has 0 heterocycles. The first-order valence-corrected chi connectivity index (χ1v) is 10.2. The number of anilines is 2. The van der Waals surface area contributed by atoms with E-state index < -0.39 is 0 Å². The van der Waals surface area contributed by atoms with Crippen molar-refractivity contribution >= 4 is 23.2 Å². The number of rotatable bonds is 8. The molecule has 2 aromatic carbocycles. The Bertz CT molecular complexity index is 770. The lowest BCUT2D eigenvalue weighted by Crippen LogP contribution is -2.27. The summed E-state index contributed by atoms with van der Waals surface area (Å²) in [6, 6.07) is 17.2. The number of benzene rings is 2. The van der Waals surface area contributed by atoms with Gasteiger partial charge in [-0.3, -0.25) is 9.59 Å². The summed E-state index contributed by atoms with van der Waals surface area (Å²) in [5.41, 5.74) is 2.33. The zero-order valence-electron chi connectivity index (χ0n) is 16.2. The summed E-state index contributed by atoms with van der Waals surface area (Å²) in [7, 11) is 0. The molecule has 0 atom stereocenters. The molecule has 1 aliphatic carbocycles. The number of para-hydroxylation sites is 1. The van der Waals surface area contributed by atoms with Gasteiger partial charge in [0, 0.05) is 35.9 Å². The van der Waals surface area contributed by atoms with E-state index in [0.29, 0.717) is 17.8 Å². The second-order valence-electron chi connectivity index (χ2n) is 7.31. The smallest absolute Gasteiger partial charge is 0.251 e. The molecule has 148 valence electrons. The van der Waals surface area contributed by atoms with E-state index in [1.54, 1.807) is 12.1 Å². The van der Waals surface area contributed by atoms with Gasteiger partial charge >= 0.3 is 0 Å². The van der Waals surface area contributed by atoms with Crippen molar-refractivity contribution in [2.24, 2.45) is 5.92 Å². The van der Waals surface area contributed by atoms with Crippen LogP contribution in [-0.4, -0.2) is 24.9 Å². The van der Waals surface area contributed by atoms with Crippen molar-refractivity contribution in [3.8, 4) is 0 Å². The third kappa shape index (κ3) is 6.12. The van der Waals surface area contributed by atoms with Gasteiger partial charge in [-0.15, -0.1) is 0 Å². The average Bonchev–Trinajstić information content (AvgIpc) is 2.75. The largest absolute Gasteiger partial charge is 0.385 e. The molecule has 0 unspecified atom stereocenters. The van der Waals surface area contributed by atoms with Gasteiger partial charge in [0.05, 0.1) is 0 Å². The van der Waals surface area contributed by atoms with Crippen LogP contribution in [0.2, 0.25) is 0 Å². The molecule has 2 amide bonds. The fourth-order valence-electron chi connectivity index (χ4n) is 3.53.